The first kappa shape index (κ1) is 20.0. The van der Waals surface area contributed by atoms with E-state index in [1.165, 1.54) is 23.3 Å². The van der Waals surface area contributed by atoms with Gasteiger partial charge in [0.2, 0.25) is 0 Å². The molecular weight excluding hydrogens is 339 g/mol. The van der Waals surface area contributed by atoms with E-state index < -0.39 is 6.10 Å². The molecule has 0 radical (unpaired) electrons. The molecule has 0 bridgehead atoms. The molecular formula is C23H31FN2O. The molecule has 0 saturated carbocycles. The van der Waals surface area contributed by atoms with Crippen molar-refractivity contribution in [3.05, 3.63) is 71.0 Å². The van der Waals surface area contributed by atoms with E-state index in [0.717, 1.165) is 31.5 Å². The molecule has 1 aliphatic heterocycles. The second-order valence-electron chi connectivity index (χ2n) is 7.48. The molecule has 2 N–H and O–H groups in total. The maximum absolute atomic E-state index is 13.1. The van der Waals surface area contributed by atoms with Crippen molar-refractivity contribution < 1.29 is 9.50 Å². The normalized spacial score (nSPS) is 23.6. The molecule has 2 aromatic carbocycles. The third-order valence-corrected chi connectivity index (χ3v) is 6.03. The van der Waals surface area contributed by atoms with Gasteiger partial charge in [0.15, 0.2) is 0 Å². The highest BCUT2D eigenvalue weighted by molar-refractivity contribution is 5.45. The molecule has 1 spiro atoms. The zero-order valence-electron chi connectivity index (χ0n) is 16.6. The zero-order valence-corrected chi connectivity index (χ0v) is 16.6. The van der Waals surface area contributed by atoms with Crippen LogP contribution in [-0.2, 0) is 12.0 Å². The van der Waals surface area contributed by atoms with Crippen LogP contribution in [0.25, 0.3) is 0 Å². The lowest BCUT2D eigenvalue weighted by atomic mass is 9.72. The summed E-state index contributed by atoms with van der Waals surface area (Å²) in [5.74, 6) is -0.222. The van der Waals surface area contributed by atoms with Crippen molar-refractivity contribution in [2.24, 2.45) is 0 Å². The third kappa shape index (κ3) is 3.79. The predicted octanol–water partition coefficient (Wildman–Crippen LogP) is 4.02. The summed E-state index contributed by atoms with van der Waals surface area (Å²) >= 11 is 0. The standard InChI is InChI=1S/C21H25FN2O.C2H6/c1-24-12-10-21(11-13-24)18-5-3-2-4-17(18)19(20(21)25)23-14-15-6-8-16(22)9-7-15;1-2/h2-9,19-20,23,25H,10-14H2,1H3;1-2H3. The topological polar surface area (TPSA) is 35.5 Å². The molecule has 146 valence electrons. The molecule has 4 rings (SSSR count). The fourth-order valence-corrected chi connectivity index (χ4v) is 4.50. The SMILES string of the molecule is CC.CN1CCC2(CC1)c1ccccc1C(NCc1ccc(F)cc1)C2O. The molecule has 2 aromatic rings. The van der Waals surface area contributed by atoms with E-state index in [-0.39, 0.29) is 17.3 Å². The van der Waals surface area contributed by atoms with Gasteiger partial charge in [0.05, 0.1) is 12.1 Å². The van der Waals surface area contributed by atoms with E-state index in [4.69, 9.17) is 0 Å². The lowest BCUT2D eigenvalue weighted by Gasteiger charge is -2.41. The maximum Gasteiger partial charge on any atom is 0.123 e. The van der Waals surface area contributed by atoms with Crippen LogP contribution in [0.2, 0.25) is 0 Å². The highest BCUT2D eigenvalue weighted by Crippen LogP contribution is 2.50. The number of nitrogens with zero attached hydrogens (tertiary/aromatic N) is 1. The Morgan fingerprint density at radius 1 is 1.07 bits per heavy atom. The summed E-state index contributed by atoms with van der Waals surface area (Å²) in [6, 6.07) is 14.9. The quantitative estimate of drug-likeness (QED) is 0.857. The van der Waals surface area contributed by atoms with Gasteiger partial charge in [-0.1, -0.05) is 50.2 Å². The Morgan fingerprint density at radius 3 is 2.37 bits per heavy atom. The molecule has 1 heterocycles. The molecule has 27 heavy (non-hydrogen) atoms. The van der Waals surface area contributed by atoms with Crippen LogP contribution in [0.5, 0.6) is 0 Å². The number of nitrogens with one attached hydrogen (secondary N) is 1. The number of halogens is 1. The van der Waals surface area contributed by atoms with Crippen LogP contribution in [0.15, 0.2) is 48.5 Å². The van der Waals surface area contributed by atoms with Crippen molar-refractivity contribution in [1.82, 2.24) is 10.2 Å². The molecule has 1 aliphatic carbocycles. The van der Waals surface area contributed by atoms with Gasteiger partial charge in [0.1, 0.15) is 5.82 Å². The van der Waals surface area contributed by atoms with E-state index in [1.807, 2.05) is 19.9 Å². The number of hydrogen-bond acceptors (Lipinski definition) is 3. The number of rotatable bonds is 3. The highest BCUT2D eigenvalue weighted by atomic mass is 19.1. The van der Waals surface area contributed by atoms with Crippen molar-refractivity contribution in [1.29, 1.82) is 0 Å². The molecule has 0 aromatic heterocycles. The van der Waals surface area contributed by atoms with Crippen molar-refractivity contribution in [2.45, 2.75) is 50.8 Å². The summed E-state index contributed by atoms with van der Waals surface area (Å²) < 4.78 is 13.1. The number of benzene rings is 2. The van der Waals surface area contributed by atoms with Gasteiger partial charge in [0, 0.05) is 12.0 Å². The maximum atomic E-state index is 13.1. The summed E-state index contributed by atoms with van der Waals surface area (Å²) in [6.07, 6.45) is 1.53. The van der Waals surface area contributed by atoms with Crippen LogP contribution in [0.4, 0.5) is 4.39 Å². The van der Waals surface area contributed by atoms with Gasteiger partial charge < -0.3 is 15.3 Å². The minimum Gasteiger partial charge on any atom is -0.390 e. The predicted molar refractivity (Wildman–Crippen MR) is 108 cm³/mol. The van der Waals surface area contributed by atoms with Crippen LogP contribution in [0.1, 0.15) is 49.4 Å². The van der Waals surface area contributed by atoms with E-state index >= 15 is 0 Å². The molecule has 2 atom stereocenters. The van der Waals surface area contributed by atoms with E-state index in [0.29, 0.717) is 6.54 Å². The van der Waals surface area contributed by atoms with Crippen LogP contribution in [0.3, 0.4) is 0 Å². The first-order valence-electron chi connectivity index (χ1n) is 10.0. The molecule has 2 aliphatic rings. The minimum atomic E-state index is -0.431. The van der Waals surface area contributed by atoms with Crippen LogP contribution >= 0.6 is 0 Å². The average molecular weight is 371 g/mol. The highest BCUT2D eigenvalue weighted by Gasteiger charge is 2.51. The molecule has 1 fully saturated rings. The average Bonchev–Trinajstić information content (AvgIpc) is 2.94. The van der Waals surface area contributed by atoms with E-state index in [1.54, 1.807) is 12.1 Å². The monoisotopic (exact) mass is 370 g/mol. The lowest BCUT2D eigenvalue weighted by molar-refractivity contribution is 0.0256. The summed E-state index contributed by atoms with van der Waals surface area (Å²) in [5, 5.41) is 14.8. The van der Waals surface area contributed by atoms with Gasteiger partial charge in [-0.3, -0.25) is 0 Å². The Labute approximate surface area is 162 Å². The second kappa shape index (κ2) is 8.51. The number of likely N-dealkylation sites (tertiary alicyclic amines) is 1. The van der Waals surface area contributed by atoms with E-state index in [9.17, 15) is 9.50 Å². The van der Waals surface area contributed by atoms with Crippen LogP contribution in [-0.4, -0.2) is 36.2 Å². The number of aliphatic hydroxyl groups excluding tert-OH is 1. The van der Waals surface area contributed by atoms with Crippen molar-refractivity contribution in [3.8, 4) is 0 Å². The lowest BCUT2D eigenvalue weighted by Crippen LogP contribution is -2.48. The van der Waals surface area contributed by atoms with Gasteiger partial charge in [-0.2, -0.15) is 0 Å². The summed E-state index contributed by atoms with van der Waals surface area (Å²) in [6.45, 7) is 6.64. The van der Waals surface area contributed by atoms with Gasteiger partial charge in [-0.25, -0.2) is 4.39 Å². The molecule has 4 heteroatoms. The first-order valence-corrected chi connectivity index (χ1v) is 10.0. The number of aliphatic hydroxyl groups is 1. The van der Waals surface area contributed by atoms with Gasteiger partial charge >= 0.3 is 0 Å². The molecule has 3 nitrogen and oxygen atoms in total. The Balaban J connectivity index is 0.00000102. The van der Waals surface area contributed by atoms with E-state index in [2.05, 4.69) is 35.5 Å². The fourth-order valence-electron chi connectivity index (χ4n) is 4.50. The Bertz CT molecular complexity index is 738. The summed E-state index contributed by atoms with van der Waals surface area (Å²) in [5.41, 5.74) is 3.38. The van der Waals surface area contributed by atoms with Crippen molar-refractivity contribution in [3.63, 3.8) is 0 Å². The smallest absolute Gasteiger partial charge is 0.123 e. The fraction of sp³-hybridized carbons (Fsp3) is 0.478. The summed E-state index contributed by atoms with van der Waals surface area (Å²) in [7, 11) is 2.14. The van der Waals surface area contributed by atoms with Crippen LogP contribution in [0, 0.1) is 5.82 Å². The van der Waals surface area contributed by atoms with Gasteiger partial charge in [-0.05, 0) is 61.8 Å². The summed E-state index contributed by atoms with van der Waals surface area (Å²) in [4.78, 5) is 2.33. The Morgan fingerprint density at radius 2 is 1.70 bits per heavy atom. The molecule has 1 saturated heterocycles. The van der Waals surface area contributed by atoms with Gasteiger partial charge in [0.25, 0.3) is 0 Å². The number of fused-ring (bicyclic) bond motifs is 2. The molecule has 2 unspecified atom stereocenters. The third-order valence-electron chi connectivity index (χ3n) is 6.03. The number of hydrogen-bond donors (Lipinski definition) is 2. The zero-order chi connectivity index (χ0) is 19.4. The largest absolute Gasteiger partial charge is 0.390 e. The Kier molecular flexibility index (Phi) is 6.30. The van der Waals surface area contributed by atoms with Gasteiger partial charge in [-0.15, -0.1) is 0 Å². The van der Waals surface area contributed by atoms with Crippen LogP contribution < -0.4 is 5.32 Å². The van der Waals surface area contributed by atoms with Crippen molar-refractivity contribution in [2.75, 3.05) is 20.1 Å². The number of piperidine rings is 1. The minimum absolute atomic E-state index is 0.0790. The second-order valence-corrected chi connectivity index (χ2v) is 7.48. The van der Waals surface area contributed by atoms with Crippen molar-refractivity contribution >= 4 is 0 Å². The Hall–Kier alpha value is -1.75. The molecule has 0 amide bonds. The first-order chi connectivity index (χ1) is 13.1.